The number of benzene rings is 2. The van der Waals surface area contributed by atoms with E-state index in [4.69, 9.17) is 8.83 Å². The number of hydrogen-bond acceptors (Lipinski definition) is 4. The van der Waals surface area contributed by atoms with E-state index in [9.17, 15) is 0 Å². The predicted octanol–water partition coefficient (Wildman–Crippen LogP) is 3.87. The van der Waals surface area contributed by atoms with Crippen molar-refractivity contribution in [1.29, 1.82) is 0 Å². The first-order valence-corrected chi connectivity index (χ1v) is 6.49. The highest BCUT2D eigenvalue weighted by molar-refractivity contribution is 5.77. The fourth-order valence-corrected chi connectivity index (χ4v) is 2.42. The topological polar surface area (TPSA) is 52.1 Å². The van der Waals surface area contributed by atoms with Crippen molar-refractivity contribution >= 4 is 22.2 Å². The maximum atomic E-state index is 5.76. The van der Waals surface area contributed by atoms with Crippen LogP contribution in [0.25, 0.3) is 22.2 Å². The van der Waals surface area contributed by atoms with Crippen molar-refractivity contribution in [2.75, 3.05) is 0 Å². The monoisotopic (exact) mass is 264 g/mol. The molecular weight excluding hydrogens is 252 g/mol. The Morgan fingerprint density at radius 2 is 1.75 bits per heavy atom. The Labute approximate surface area is 115 Å². The first kappa shape index (κ1) is 11.2. The third-order valence-corrected chi connectivity index (χ3v) is 3.29. The van der Waals surface area contributed by atoms with Gasteiger partial charge in [0.25, 0.3) is 0 Å². The summed E-state index contributed by atoms with van der Waals surface area (Å²) in [6.07, 6.45) is 0.609. The van der Waals surface area contributed by atoms with E-state index in [1.54, 1.807) is 0 Å². The Bertz CT molecular complexity index is 872. The van der Waals surface area contributed by atoms with Crippen LogP contribution in [0.3, 0.4) is 0 Å². The molecule has 4 aromatic rings. The fraction of sp³-hybridized carbons (Fsp3) is 0.125. The second kappa shape index (κ2) is 4.20. The number of oxazole rings is 2. The summed E-state index contributed by atoms with van der Waals surface area (Å²) in [6, 6.07) is 13.7. The largest absolute Gasteiger partial charge is 0.441 e. The van der Waals surface area contributed by atoms with Crippen molar-refractivity contribution in [1.82, 2.24) is 9.97 Å². The van der Waals surface area contributed by atoms with Crippen LogP contribution in [0.1, 0.15) is 17.3 Å². The molecule has 2 aromatic heterocycles. The van der Waals surface area contributed by atoms with Crippen LogP contribution >= 0.6 is 0 Å². The molecule has 4 heteroatoms. The summed E-state index contributed by atoms with van der Waals surface area (Å²) in [7, 11) is 0. The molecule has 0 aliphatic carbocycles. The smallest absolute Gasteiger partial charge is 0.199 e. The molecule has 4 nitrogen and oxygen atoms in total. The molecule has 0 aliphatic heterocycles. The van der Waals surface area contributed by atoms with Crippen molar-refractivity contribution in [2.45, 2.75) is 13.3 Å². The summed E-state index contributed by atoms with van der Waals surface area (Å²) in [4.78, 5) is 8.92. The van der Waals surface area contributed by atoms with Gasteiger partial charge < -0.3 is 8.83 Å². The number of aromatic nitrogens is 2. The molecule has 0 spiro atoms. The normalized spacial score (nSPS) is 11.4. The van der Waals surface area contributed by atoms with Crippen LogP contribution in [0, 0.1) is 6.92 Å². The number of para-hydroxylation sites is 3. The van der Waals surface area contributed by atoms with Gasteiger partial charge in [-0.25, -0.2) is 9.97 Å². The van der Waals surface area contributed by atoms with Crippen LogP contribution in [0.15, 0.2) is 51.3 Å². The highest BCUT2D eigenvalue weighted by atomic mass is 16.4. The summed E-state index contributed by atoms with van der Waals surface area (Å²) in [5.41, 5.74) is 4.44. The third kappa shape index (κ3) is 1.77. The van der Waals surface area contributed by atoms with E-state index in [-0.39, 0.29) is 0 Å². The van der Waals surface area contributed by atoms with Gasteiger partial charge in [0.2, 0.25) is 0 Å². The van der Waals surface area contributed by atoms with E-state index in [2.05, 4.69) is 9.97 Å². The van der Waals surface area contributed by atoms with Crippen LogP contribution < -0.4 is 0 Å². The average molecular weight is 264 g/mol. The summed E-state index contributed by atoms with van der Waals surface area (Å²) in [5.74, 6) is 1.37. The van der Waals surface area contributed by atoms with Crippen molar-refractivity contribution < 1.29 is 8.83 Å². The molecule has 0 bridgehead atoms. The second-order valence-corrected chi connectivity index (χ2v) is 4.75. The minimum atomic E-state index is 0.609. The van der Waals surface area contributed by atoms with Gasteiger partial charge >= 0.3 is 0 Å². The molecule has 0 saturated carbocycles. The SMILES string of the molecule is Cc1nc2c(Cc3nc4ccccc4o3)cccc2o1. The van der Waals surface area contributed by atoms with Crippen LogP contribution in [0.4, 0.5) is 0 Å². The molecule has 0 aliphatic rings. The van der Waals surface area contributed by atoms with Crippen molar-refractivity contribution in [2.24, 2.45) is 0 Å². The molecule has 2 aromatic carbocycles. The summed E-state index contributed by atoms with van der Waals surface area (Å²) >= 11 is 0. The summed E-state index contributed by atoms with van der Waals surface area (Å²) in [6.45, 7) is 1.85. The van der Waals surface area contributed by atoms with E-state index < -0.39 is 0 Å². The molecule has 0 unspecified atom stereocenters. The van der Waals surface area contributed by atoms with Gasteiger partial charge in [-0.15, -0.1) is 0 Å². The zero-order valence-electron chi connectivity index (χ0n) is 11.0. The Morgan fingerprint density at radius 1 is 0.900 bits per heavy atom. The van der Waals surface area contributed by atoms with Gasteiger partial charge in [-0.05, 0) is 23.8 Å². The maximum absolute atomic E-state index is 5.76. The van der Waals surface area contributed by atoms with Crippen LogP contribution in [-0.4, -0.2) is 9.97 Å². The number of aryl methyl sites for hydroxylation is 1. The summed E-state index contributed by atoms with van der Waals surface area (Å²) in [5, 5.41) is 0. The molecule has 0 N–H and O–H groups in total. The van der Waals surface area contributed by atoms with Crippen molar-refractivity contribution in [3.63, 3.8) is 0 Å². The lowest BCUT2D eigenvalue weighted by Gasteiger charge is -1.97. The zero-order chi connectivity index (χ0) is 13.5. The number of rotatable bonds is 2. The average Bonchev–Trinajstić information content (AvgIpc) is 3.01. The Balaban J connectivity index is 1.80. The number of hydrogen-bond donors (Lipinski definition) is 0. The molecule has 0 fully saturated rings. The molecule has 0 amide bonds. The molecule has 20 heavy (non-hydrogen) atoms. The lowest BCUT2D eigenvalue weighted by molar-refractivity contribution is 0.544. The lowest BCUT2D eigenvalue weighted by atomic mass is 10.1. The van der Waals surface area contributed by atoms with E-state index in [0.29, 0.717) is 18.2 Å². The van der Waals surface area contributed by atoms with E-state index in [1.807, 2.05) is 49.4 Å². The highest BCUT2D eigenvalue weighted by Gasteiger charge is 2.11. The Kier molecular flexibility index (Phi) is 2.36. The minimum absolute atomic E-state index is 0.609. The highest BCUT2D eigenvalue weighted by Crippen LogP contribution is 2.23. The maximum Gasteiger partial charge on any atom is 0.199 e. The van der Waals surface area contributed by atoms with Gasteiger partial charge in [-0.1, -0.05) is 24.3 Å². The minimum Gasteiger partial charge on any atom is -0.441 e. The molecule has 2 heterocycles. The molecule has 0 radical (unpaired) electrons. The van der Waals surface area contributed by atoms with E-state index in [1.165, 1.54) is 0 Å². The van der Waals surface area contributed by atoms with E-state index in [0.717, 1.165) is 27.8 Å². The van der Waals surface area contributed by atoms with Gasteiger partial charge in [0.1, 0.15) is 11.0 Å². The standard InChI is InChI=1S/C16H12N2O2/c1-10-17-16-11(5-4-8-14(16)19-10)9-15-18-12-6-2-3-7-13(12)20-15/h2-8H,9H2,1H3. The van der Waals surface area contributed by atoms with Crippen LogP contribution in [0.5, 0.6) is 0 Å². The molecule has 98 valence electrons. The summed E-state index contributed by atoms with van der Waals surface area (Å²) < 4.78 is 11.3. The van der Waals surface area contributed by atoms with Gasteiger partial charge in [0.05, 0.1) is 6.42 Å². The molecule has 0 atom stereocenters. The lowest BCUT2D eigenvalue weighted by Crippen LogP contribution is -1.89. The molecule has 4 rings (SSSR count). The van der Waals surface area contributed by atoms with E-state index >= 15 is 0 Å². The Hall–Kier alpha value is -2.62. The second-order valence-electron chi connectivity index (χ2n) is 4.75. The van der Waals surface area contributed by atoms with Gasteiger partial charge in [0.15, 0.2) is 22.9 Å². The first-order chi connectivity index (χ1) is 9.79. The van der Waals surface area contributed by atoms with Gasteiger partial charge in [-0.3, -0.25) is 0 Å². The van der Waals surface area contributed by atoms with Crippen LogP contribution in [-0.2, 0) is 6.42 Å². The third-order valence-electron chi connectivity index (χ3n) is 3.29. The zero-order valence-corrected chi connectivity index (χ0v) is 11.0. The van der Waals surface area contributed by atoms with Crippen molar-refractivity contribution in [3.8, 4) is 0 Å². The molecule has 0 saturated heterocycles. The number of fused-ring (bicyclic) bond motifs is 2. The molecular formula is C16H12N2O2. The Morgan fingerprint density at radius 3 is 2.65 bits per heavy atom. The van der Waals surface area contributed by atoms with Gasteiger partial charge in [0, 0.05) is 6.92 Å². The van der Waals surface area contributed by atoms with Crippen molar-refractivity contribution in [3.05, 3.63) is 59.8 Å². The first-order valence-electron chi connectivity index (χ1n) is 6.49. The number of nitrogens with zero attached hydrogens (tertiary/aromatic N) is 2. The fourth-order valence-electron chi connectivity index (χ4n) is 2.42. The quantitative estimate of drug-likeness (QED) is 0.551. The predicted molar refractivity (Wildman–Crippen MR) is 75.6 cm³/mol. The van der Waals surface area contributed by atoms with Crippen LogP contribution in [0.2, 0.25) is 0 Å². The van der Waals surface area contributed by atoms with Gasteiger partial charge in [-0.2, -0.15) is 0 Å².